The molecule has 1 aromatic carbocycles. The van der Waals surface area contributed by atoms with Gasteiger partial charge in [-0.25, -0.2) is 9.78 Å². The van der Waals surface area contributed by atoms with Crippen molar-refractivity contribution in [1.29, 1.82) is 0 Å². The molecule has 1 aromatic heterocycles. The van der Waals surface area contributed by atoms with Crippen molar-refractivity contribution >= 4 is 12.0 Å². The first kappa shape index (κ1) is 18.7. The number of H-pyrrole nitrogens is 1. The maximum absolute atomic E-state index is 12.4. The standard InChI is InChI=1S/C18H23N5O4/c1-11-7-13(17(24)25)10-23(9-11)18(26)19-8-15-20-16(22-21-15)12-3-5-14(27-2)6-4-12/h3-6,11,13H,7-10H2,1-2H3,(H,19,26)(H,24,25)(H,20,21,22). The van der Waals surface area contributed by atoms with E-state index in [9.17, 15) is 14.7 Å². The van der Waals surface area contributed by atoms with Crippen molar-refractivity contribution in [3.05, 3.63) is 30.1 Å². The zero-order valence-corrected chi connectivity index (χ0v) is 15.3. The fourth-order valence-corrected chi connectivity index (χ4v) is 3.21. The van der Waals surface area contributed by atoms with Crippen LogP contribution in [0.25, 0.3) is 11.4 Å². The molecule has 2 aromatic rings. The third kappa shape index (κ3) is 4.55. The summed E-state index contributed by atoms with van der Waals surface area (Å²) in [6, 6.07) is 7.06. The summed E-state index contributed by atoms with van der Waals surface area (Å²) in [5, 5.41) is 19.0. The predicted molar refractivity (Wildman–Crippen MR) is 97.1 cm³/mol. The third-order valence-corrected chi connectivity index (χ3v) is 4.58. The van der Waals surface area contributed by atoms with Crippen molar-refractivity contribution < 1.29 is 19.4 Å². The van der Waals surface area contributed by atoms with Gasteiger partial charge in [-0.05, 0) is 36.6 Å². The van der Waals surface area contributed by atoms with Gasteiger partial charge in [-0.15, -0.1) is 0 Å². The molecule has 2 unspecified atom stereocenters. The van der Waals surface area contributed by atoms with E-state index in [0.717, 1.165) is 11.3 Å². The zero-order valence-electron chi connectivity index (χ0n) is 15.3. The lowest BCUT2D eigenvalue weighted by Crippen LogP contribution is -2.49. The second-order valence-electron chi connectivity index (χ2n) is 6.77. The number of ether oxygens (including phenoxy) is 1. The van der Waals surface area contributed by atoms with Crippen LogP contribution in [0.5, 0.6) is 5.75 Å². The lowest BCUT2D eigenvalue weighted by atomic mass is 9.91. The molecule has 9 nitrogen and oxygen atoms in total. The van der Waals surface area contributed by atoms with Crippen molar-refractivity contribution in [2.24, 2.45) is 11.8 Å². The van der Waals surface area contributed by atoms with Crippen LogP contribution in [-0.2, 0) is 11.3 Å². The number of carboxylic acid groups (broad SMARTS) is 1. The van der Waals surface area contributed by atoms with E-state index in [1.165, 1.54) is 0 Å². The lowest BCUT2D eigenvalue weighted by Gasteiger charge is -2.34. The number of aliphatic carboxylic acids is 1. The molecule has 27 heavy (non-hydrogen) atoms. The van der Waals surface area contributed by atoms with Crippen LogP contribution in [0.1, 0.15) is 19.2 Å². The SMILES string of the molecule is COc1ccc(-c2n[nH]c(CNC(=O)N3CC(C)CC(C(=O)O)C3)n2)cc1. The molecule has 1 aliphatic rings. The van der Waals surface area contributed by atoms with E-state index in [1.54, 1.807) is 12.0 Å². The molecule has 1 saturated heterocycles. The normalized spacial score (nSPS) is 19.6. The molecule has 2 heterocycles. The van der Waals surface area contributed by atoms with E-state index in [1.807, 2.05) is 31.2 Å². The van der Waals surface area contributed by atoms with Gasteiger partial charge in [0.15, 0.2) is 5.82 Å². The molecule has 0 spiro atoms. The number of aromatic nitrogens is 3. The minimum absolute atomic E-state index is 0.151. The van der Waals surface area contributed by atoms with Crippen LogP contribution in [0.2, 0.25) is 0 Å². The minimum atomic E-state index is -0.862. The number of carboxylic acids is 1. The summed E-state index contributed by atoms with van der Waals surface area (Å²) in [5.74, 6) is 0.563. The molecule has 2 atom stereocenters. The molecule has 0 radical (unpaired) electrons. The maximum atomic E-state index is 12.4. The minimum Gasteiger partial charge on any atom is -0.497 e. The van der Waals surface area contributed by atoms with Crippen molar-refractivity contribution in [2.75, 3.05) is 20.2 Å². The van der Waals surface area contributed by atoms with Crippen LogP contribution in [-0.4, -0.2) is 57.4 Å². The highest BCUT2D eigenvalue weighted by Gasteiger charge is 2.31. The number of hydrogen-bond acceptors (Lipinski definition) is 5. The molecule has 1 fully saturated rings. The van der Waals surface area contributed by atoms with Gasteiger partial charge < -0.3 is 20.1 Å². The molecular formula is C18H23N5O4. The lowest BCUT2D eigenvalue weighted by molar-refractivity contribution is -0.143. The number of carbonyl (C=O) groups is 2. The Balaban J connectivity index is 1.57. The summed E-state index contributed by atoms with van der Waals surface area (Å²) in [7, 11) is 1.60. The smallest absolute Gasteiger partial charge is 0.317 e. The Kier molecular flexibility index (Phi) is 5.58. The highest BCUT2D eigenvalue weighted by Crippen LogP contribution is 2.22. The summed E-state index contributed by atoms with van der Waals surface area (Å²) in [5.41, 5.74) is 0.832. The number of carbonyl (C=O) groups excluding carboxylic acids is 1. The van der Waals surface area contributed by atoms with E-state index in [-0.39, 0.29) is 25.0 Å². The molecule has 9 heteroatoms. The molecule has 144 valence electrons. The van der Waals surface area contributed by atoms with Gasteiger partial charge in [-0.2, -0.15) is 5.10 Å². The van der Waals surface area contributed by atoms with Crippen molar-refractivity contribution in [3.63, 3.8) is 0 Å². The average molecular weight is 373 g/mol. The first-order valence-electron chi connectivity index (χ1n) is 8.77. The van der Waals surface area contributed by atoms with Crippen molar-refractivity contribution in [2.45, 2.75) is 19.9 Å². The maximum Gasteiger partial charge on any atom is 0.317 e. The van der Waals surface area contributed by atoms with E-state index < -0.39 is 11.9 Å². The molecule has 3 N–H and O–H groups in total. The first-order chi connectivity index (χ1) is 13.0. The largest absolute Gasteiger partial charge is 0.497 e. The predicted octanol–water partition coefficient (Wildman–Crippen LogP) is 1.73. The molecule has 0 bridgehead atoms. The summed E-state index contributed by atoms with van der Waals surface area (Å²) < 4.78 is 5.13. The molecule has 0 aliphatic carbocycles. The van der Waals surface area contributed by atoms with Crippen molar-refractivity contribution in [3.8, 4) is 17.1 Å². The van der Waals surface area contributed by atoms with Crippen LogP contribution >= 0.6 is 0 Å². The number of amides is 2. The Bertz CT molecular complexity index is 804. The molecule has 0 saturated carbocycles. The first-order valence-corrected chi connectivity index (χ1v) is 8.77. The number of hydrogen-bond donors (Lipinski definition) is 3. The average Bonchev–Trinajstić information content (AvgIpc) is 3.14. The van der Waals surface area contributed by atoms with Gasteiger partial charge in [0.25, 0.3) is 0 Å². The van der Waals surface area contributed by atoms with E-state index >= 15 is 0 Å². The molecule has 3 rings (SSSR count). The quantitative estimate of drug-likeness (QED) is 0.734. The number of methoxy groups -OCH3 is 1. The summed E-state index contributed by atoms with van der Waals surface area (Å²) >= 11 is 0. The summed E-state index contributed by atoms with van der Waals surface area (Å²) in [4.78, 5) is 29.5. The van der Waals surface area contributed by atoms with Gasteiger partial charge in [0.05, 0.1) is 19.6 Å². The number of urea groups is 1. The number of likely N-dealkylation sites (tertiary alicyclic amines) is 1. The second-order valence-corrected chi connectivity index (χ2v) is 6.77. The molecule has 2 amide bonds. The Labute approximate surface area is 156 Å². The Morgan fingerprint density at radius 1 is 1.33 bits per heavy atom. The summed E-state index contributed by atoms with van der Waals surface area (Å²) in [6.07, 6.45) is 0.590. The Hall–Kier alpha value is -3.10. The van der Waals surface area contributed by atoms with Gasteiger partial charge >= 0.3 is 12.0 Å². The zero-order chi connectivity index (χ0) is 19.4. The van der Waals surface area contributed by atoms with Gasteiger partial charge in [-0.3, -0.25) is 9.89 Å². The Morgan fingerprint density at radius 3 is 2.74 bits per heavy atom. The highest BCUT2D eigenvalue weighted by atomic mass is 16.5. The van der Waals surface area contributed by atoms with Gasteiger partial charge in [-0.1, -0.05) is 6.92 Å². The fourth-order valence-electron chi connectivity index (χ4n) is 3.21. The number of piperidine rings is 1. The van der Waals surface area contributed by atoms with E-state index in [0.29, 0.717) is 24.6 Å². The van der Waals surface area contributed by atoms with E-state index in [2.05, 4.69) is 20.5 Å². The van der Waals surface area contributed by atoms with Crippen molar-refractivity contribution in [1.82, 2.24) is 25.4 Å². The van der Waals surface area contributed by atoms with Gasteiger partial charge in [0.2, 0.25) is 0 Å². The molecule has 1 aliphatic heterocycles. The Morgan fingerprint density at radius 2 is 2.07 bits per heavy atom. The van der Waals surface area contributed by atoms with E-state index in [4.69, 9.17) is 4.74 Å². The number of rotatable bonds is 5. The molecular weight excluding hydrogens is 350 g/mol. The van der Waals surface area contributed by atoms with Crippen LogP contribution < -0.4 is 10.1 Å². The number of nitrogens with zero attached hydrogens (tertiary/aromatic N) is 3. The topological polar surface area (TPSA) is 120 Å². The number of benzene rings is 1. The monoisotopic (exact) mass is 373 g/mol. The fraction of sp³-hybridized carbons (Fsp3) is 0.444. The third-order valence-electron chi connectivity index (χ3n) is 4.58. The summed E-state index contributed by atoms with van der Waals surface area (Å²) in [6.45, 7) is 2.90. The van der Waals surface area contributed by atoms with Gasteiger partial charge in [0, 0.05) is 18.7 Å². The van der Waals surface area contributed by atoms with Crippen LogP contribution in [0.3, 0.4) is 0 Å². The van der Waals surface area contributed by atoms with Crippen LogP contribution in [0.15, 0.2) is 24.3 Å². The number of nitrogens with one attached hydrogen (secondary N) is 2. The van der Waals surface area contributed by atoms with Gasteiger partial charge in [0.1, 0.15) is 11.6 Å². The van der Waals surface area contributed by atoms with Crippen LogP contribution in [0, 0.1) is 11.8 Å². The second kappa shape index (κ2) is 8.07. The number of aromatic amines is 1. The van der Waals surface area contributed by atoms with Crippen LogP contribution in [0.4, 0.5) is 4.79 Å². The highest BCUT2D eigenvalue weighted by molar-refractivity contribution is 5.76.